The minimum absolute atomic E-state index is 0.103. The Kier molecular flexibility index (Phi) is 5.85. The van der Waals surface area contributed by atoms with Gasteiger partial charge >= 0.3 is 0 Å². The minimum Gasteiger partial charge on any atom is -0.345 e. The van der Waals surface area contributed by atoms with Gasteiger partial charge in [0.25, 0.3) is 5.91 Å². The highest BCUT2D eigenvalue weighted by Crippen LogP contribution is 2.30. The van der Waals surface area contributed by atoms with Crippen LogP contribution in [-0.4, -0.2) is 23.3 Å². The Balaban J connectivity index is 1.67. The molecule has 31 heavy (non-hydrogen) atoms. The van der Waals surface area contributed by atoms with Crippen molar-refractivity contribution in [1.29, 1.82) is 0 Å². The van der Waals surface area contributed by atoms with Crippen molar-refractivity contribution in [2.24, 2.45) is 0 Å². The number of hydrogen-bond acceptors (Lipinski definition) is 3. The number of aromatic nitrogens is 1. The summed E-state index contributed by atoms with van der Waals surface area (Å²) in [4.78, 5) is 31.6. The molecule has 1 aliphatic heterocycles. The topological polar surface area (TPSA) is 62.3 Å². The number of amides is 2. The average Bonchev–Trinajstić information content (AvgIpc) is 3.20. The van der Waals surface area contributed by atoms with Crippen molar-refractivity contribution < 1.29 is 9.59 Å². The molecule has 1 aliphatic rings. The first-order valence-electron chi connectivity index (χ1n) is 10.7. The molecule has 2 heterocycles. The van der Waals surface area contributed by atoms with Gasteiger partial charge in [-0.1, -0.05) is 35.9 Å². The second-order valence-corrected chi connectivity index (χ2v) is 8.21. The summed E-state index contributed by atoms with van der Waals surface area (Å²) in [6.07, 6.45) is 3.18. The molecule has 0 radical (unpaired) electrons. The molecule has 1 aromatic heterocycles. The molecule has 4 rings (SSSR count). The van der Waals surface area contributed by atoms with Crippen molar-refractivity contribution in [3.63, 3.8) is 0 Å². The first-order chi connectivity index (χ1) is 14.9. The summed E-state index contributed by atoms with van der Waals surface area (Å²) in [7, 11) is 0. The van der Waals surface area contributed by atoms with Crippen molar-refractivity contribution >= 4 is 17.5 Å². The van der Waals surface area contributed by atoms with E-state index in [1.165, 1.54) is 5.56 Å². The van der Waals surface area contributed by atoms with Gasteiger partial charge in [0.15, 0.2) is 0 Å². The van der Waals surface area contributed by atoms with Gasteiger partial charge in [0.2, 0.25) is 5.91 Å². The van der Waals surface area contributed by atoms with Gasteiger partial charge in [-0.25, -0.2) is 0 Å². The molecule has 0 unspecified atom stereocenters. The van der Waals surface area contributed by atoms with Gasteiger partial charge < -0.3 is 10.2 Å². The van der Waals surface area contributed by atoms with Crippen molar-refractivity contribution in [3.05, 3.63) is 83.2 Å². The van der Waals surface area contributed by atoms with Gasteiger partial charge in [0.1, 0.15) is 0 Å². The predicted molar refractivity (Wildman–Crippen MR) is 123 cm³/mol. The molecule has 0 saturated carbocycles. The molecular weight excluding hydrogens is 386 g/mol. The van der Waals surface area contributed by atoms with Crippen LogP contribution in [0.3, 0.4) is 0 Å². The smallest absolute Gasteiger partial charge is 0.251 e. The molecule has 0 bridgehead atoms. The van der Waals surface area contributed by atoms with Crippen LogP contribution >= 0.6 is 0 Å². The lowest BCUT2D eigenvalue weighted by molar-refractivity contribution is -0.117. The largest absolute Gasteiger partial charge is 0.345 e. The third-order valence-electron chi connectivity index (χ3n) is 5.73. The quantitative estimate of drug-likeness (QED) is 0.641. The van der Waals surface area contributed by atoms with Gasteiger partial charge in [-0.3, -0.25) is 14.6 Å². The van der Waals surface area contributed by atoms with E-state index in [-0.39, 0.29) is 17.9 Å². The number of aryl methyl sites for hydroxylation is 2. The van der Waals surface area contributed by atoms with Gasteiger partial charge in [-0.2, -0.15) is 0 Å². The van der Waals surface area contributed by atoms with E-state index >= 15 is 0 Å². The lowest BCUT2D eigenvalue weighted by atomic mass is 10.00. The first kappa shape index (κ1) is 20.8. The molecule has 1 saturated heterocycles. The van der Waals surface area contributed by atoms with E-state index in [1.54, 1.807) is 11.1 Å². The normalized spacial score (nSPS) is 14.5. The Hall–Kier alpha value is -3.47. The number of anilines is 1. The molecule has 5 heteroatoms. The van der Waals surface area contributed by atoms with Crippen LogP contribution in [0, 0.1) is 13.8 Å². The lowest BCUT2D eigenvalue weighted by Gasteiger charge is -2.20. The summed E-state index contributed by atoms with van der Waals surface area (Å²) in [6, 6.07) is 17.6. The summed E-state index contributed by atoms with van der Waals surface area (Å²) in [5.41, 5.74) is 6.32. The number of hydrogen-bond donors (Lipinski definition) is 1. The van der Waals surface area contributed by atoms with Crippen LogP contribution in [0.25, 0.3) is 11.1 Å². The summed E-state index contributed by atoms with van der Waals surface area (Å²) >= 11 is 0. The predicted octanol–water partition coefficient (Wildman–Crippen LogP) is 4.98. The minimum atomic E-state index is -0.180. The summed E-state index contributed by atoms with van der Waals surface area (Å²) in [5.74, 6) is -0.0681. The standard InChI is InChI=1S/C26H27N3O2/c1-17-6-9-20(10-7-17)22-13-23(15-24(14-22)29-12-4-5-25(29)30)26(31)28-19(3)21-11-8-18(2)27-16-21/h6-11,13-16,19H,4-5,12H2,1-3H3,(H,28,31)/t19-/m1/s1. The molecule has 1 N–H and O–H groups in total. The van der Waals surface area contributed by atoms with Crippen molar-refractivity contribution in [2.45, 2.75) is 39.7 Å². The van der Waals surface area contributed by atoms with E-state index in [9.17, 15) is 9.59 Å². The van der Waals surface area contributed by atoms with E-state index in [2.05, 4.69) is 22.4 Å². The second-order valence-electron chi connectivity index (χ2n) is 8.21. The zero-order valence-electron chi connectivity index (χ0n) is 18.2. The van der Waals surface area contributed by atoms with E-state index in [4.69, 9.17) is 0 Å². The molecule has 1 fully saturated rings. The van der Waals surface area contributed by atoms with E-state index in [1.807, 2.05) is 63.2 Å². The van der Waals surface area contributed by atoms with Crippen LogP contribution in [0.2, 0.25) is 0 Å². The maximum atomic E-state index is 13.1. The molecular formula is C26H27N3O2. The fourth-order valence-electron chi connectivity index (χ4n) is 3.83. The Morgan fingerprint density at radius 1 is 1.03 bits per heavy atom. The Morgan fingerprint density at radius 3 is 2.45 bits per heavy atom. The van der Waals surface area contributed by atoms with Gasteiger partial charge in [-0.05, 0) is 68.1 Å². The highest BCUT2D eigenvalue weighted by Gasteiger charge is 2.24. The number of pyridine rings is 1. The van der Waals surface area contributed by atoms with Crippen LogP contribution in [0.5, 0.6) is 0 Å². The van der Waals surface area contributed by atoms with E-state index in [0.29, 0.717) is 18.5 Å². The zero-order valence-corrected chi connectivity index (χ0v) is 18.2. The Morgan fingerprint density at radius 2 is 1.81 bits per heavy atom. The highest BCUT2D eigenvalue weighted by molar-refractivity contribution is 6.00. The number of benzene rings is 2. The maximum Gasteiger partial charge on any atom is 0.251 e. The van der Waals surface area contributed by atoms with Crippen molar-refractivity contribution in [2.75, 3.05) is 11.4 Å². The van der Waals surface area contributed by atoms with E-state index < -0.39 is 0 Å². The first-order valence-corrected chi connectivity index (χ1v) is 10.7. The van der Waals surface area contributed by atoms with Crippen LogP contribution in [0.1, 0.15) is 53.0 Å². The molecule has 2 amide bonds. The Labute approximate surface area is 183 Å². The number of rotatable bonds is 5. The summed E-state index contributed by atoms with van der Waals surface area (Å²) in [5, 5.41) is 3.07. The number of nitrogens with one attached hydrogen (secondary N) is 1. The molecule has 0 spiro atoms. The second kappa shape index (κ2) is 8.72. The summed E-state index contributed by atoms with van der Waals surface area (Å²) in [6.45, 7) is 6.61. The number of nitrogens with zero attached hydrogens (tertiary/aromatic N) is 2. The third-order valence-corrected chi connectivity index (χ3v) is 5.73. The number of carbonyl (C=O) groups excluding carboxylic acids is 2. The highest BCUT2D eigenvalue weighted by atomic mass is 16.2. The molecule has 1 atom stereocenters. The van der Waals surface area contributed by atoms with Crippen LogP contribution in [0.4, 0.5) is 5.69 Å². The fraction of sp³-hybridized carbons (Fsp3) is 0.269. The molecule has 5 nitrogen and oxygen atoms in total. The summed E-state index contributed by atoms with van der Waals surface area (Å²) < 4.78 is 0. The van der Waals surface area contributed by atoms with Crippen molar-refractivity contribution in [1.82, 2.24) is 10.3 Å². The van der Waals surface area contributed by atoms with Gasteiger partial charge in [0.05, 0.1) is 6.04 Å². The van der Waals surface area contributed by atoms with Crippen LogP contribution in [-0.2, 0) is 4.79 Å². The third kappa shape index (κ3) is 4.66. The Bertz CT molecular complexity index is 1100. The SMILES string of the molecule is Cc1ccc(-c2cc(C(=O)N[C@H](C)c3ccc(C)nc3)cc(N3CCCC3=O)c2)cc1. The van der Waals surface area contributed by atoms with E-state index in [0.717, 1.165) is 34.5 Å². The number of carbonyl (C=O) groups is 2. The molecule has 2 aromatic carbocycles. The van der Waals surface area contributed by atoms with Crippen LogP contribution in [0.15, 0.2) is 60.8 Å². The lowest BCUT2D eigenvalue weighted by Crippen LogP contribution is -2.28. The molecule has 3 aromatic rings. The maximum absolute atomic E-state index is 13.1. The monoisotopic (exact) mass is 413 g/mol. The average molecular weight is 414 g/mol. The molecule has 0 aliphatic carbocycles. The molecule has 158 valence electrons. The fourth-order valence-corrected chi connectivity index (χ4v) is 3.83. The van der Waals surface area contributed by atoms with Crippen LogP contribution < -0.4 is 10.2 Å². The van der Waals surface area contributed by atoms with Crippen molar-refractivity contribution in [3.8, 4) is 11.1 Å². The van der Waals surface area contributed by atoms with Gasteiger partial charge in [-0.15, -0.1) is 0 Å². The zero-order chi connectivity index (χ0) is 22.0. The van der Waals surface area contributed by atoms with Gasteiger partial charge in [0, 0.05) is 36.1 Å².